The molecule has 0 aliphatic rings. The van der Waals surface area contributed by atoms with Crippen LogP contribution in [0.1, 0.15) is 34.6 Å². The molecule has 8 heteroatoms. The van der Waals surface area contributed by atoms with Crippen LogP contribution in [-0.4, -0.2) is 33.2 Å². The van der Waals surface area contributed by atoms with E-state index in [4.69, 9.17) is 9.15 Å². The van der Waals surface area contributed by atoms with Crippen LogP contribution < -0.4 is 5.32 Å². The number of rotatable bonds is 7. The van der Waals surface area contributed by atoms with Crippen LogP contribution >= 0.6 is 0 Å². The number of hydrogen-bond acceptors (Lipinski definition) is 6. The summed E-state index contributed by atoms with van der Waals surface area (Å²) in [6, 6.07) is 9.11. The lowest BCUT2D eigenvalue weighted by Gasteiger charge is -2.11. The molecular weight excluding hydrogens is 346 g/mol. The van der Waals surface area contributed by atoms with Gasteiger partial charge in [0.25, 0.3) is 5.91 Å². The Balaban J connectivity index is 1.84. The minimum absolute atomic E-state index is 0.102. The fraction of sp³-hybridized carbons (Fsp3) is 0.294. The van der Waals surface area contributed by atoms with Gasteiger partial charge >= 0.3 is 5.97 Å². The average molecular weight is 365 g/mol. The minimum Gasteiger partial charge on any atom is -0.467 e. The van der Waals surface area contributed by atoms with E-state index in [9.17, 15) is 18.0 Å². The van der Waals surface area contributed by atoms with E-state index in [1.54, 1.807) is 19.1 Å². The van der Waals surface area contributed by atoms with E-state index in [1.807, 2.05) is 0 Å². The third kappa shape index (κ3) is 6.07. The van der Waals surface area contributed by atoms with Gasteiger partial charge in [-0.05, 0) is 36.8 Å². The molecule has 2 aromatic rings. The first-order chi connectivity index (χ1) is 11.7. The maximum Gasteiger partial charge on any atom is 0.338 e. The van der Waals surface area contributed by atoms with Crippen LogP contribution in [0.3, 0.4) is 0 Å². The van der Waals surface area contributed by atoms with Crippen LogP contribution in [0.5, 0.6) is 0 Å². The summed E-state index contributed by atoms with van der Waals surface area (Å²) < 4.78 is 32.6. The molecule has 0 bridgehead atoms. The molecule has 0 fully saturated rings. The van der Waals surface area contributed by atoms with E-state index >= 15 is 0 Å². The van der Waals surface area contributed by atoms with Crippen molar-refractivity contribution in [3.63, 3.8) is 0 Å². The zero-order valence-electron chi connectivity index (χ0n) is 13.9. The first-order valence-electron chi connectivity index (χ1n) is 7.51. The standard InChI is InChI=1S/C17H19NO6S/c1-12(15-4-3-9-23-15)18-16(19)10-24-17(20)14-7-5-13(6-8-14)11-25(2,21)22/h3-9,12H,10-11H2,1-2H3,(H,18,19)/t12-/m1/s1. The molecule has 25 heavy (non-hydrogen) atoms. The highest BCUT2D eigenvalue weighted by molar-refractivity contribution is 7.89. The van der Waals surface area contributed by atoms with Crippen LogP contribution in [-0.2, 0) is 25.1 Å². The largest absolute Gasteiger partial charge is 0.467 e. The SMILES string of the molecule is C[C@@H](NC(=O)COC(=O)c1ccc(CS(C)(=O)=O)cc1)c1ccco1. The molecule has 2 rings (SSSR count). The van der Waals surface area contributed by atoms with Gasteiger partial charge in [-0.3, -0.25) is 4.79 Å². The fourth-order valence-electron chi connectivity index (χ4n) is 2.15. The van der Waals surface area contributed by atoms with E-state index in [1.165, 1.54) is 30.5 Å². The second-order valence-corrected chi connectivity index (χ2v) is 7.79. The van der Waals surface area contributed by atoms with Gasteiger partial charge in [0.15, 0.2) is 16.4 Å². The third-order valence-electron chi connectivity index (χ3n) is 3.30. The van der Waals surface area contributed by atoms with E-state index < -0.39 is 28.3 Å². The maximum absolute atomic E-state index is 11.9. The molecule has 0 unspecified atom stereocenters. The smallest absolute Gasteiger partial charge is 0.338 e. The predicted octanol–water partition coefficient (Wildman–Crippen LogP) is 1.86. The highest BCUT2D eigenvalue weighted by atomic mass is 32.2. The van der Waals surface area contributed by atoms with Crippen molar-refractivity contribution < 1.29 is 27.2 Å². The quantitative estimate of drug-likeness (QED) is 0.751. The molecule has 0 spiro atoms. The maximum atomic E-state index is 11.9. The summed E-state index contributed by atoms with van der Waals surface area (Å²) in [5, 5.41) is 2.65. The number of nitrogens with one attached hydrogen (secondary N) is 1. The molecule has 0 radical (unpaired) electrons. The molecule has 1 N–H and O–H groups in total. The van der Waals surface area contributed by atoms with Gasteiger partial charge in [0, 0.05) is 6.26 Å². The normalized spacial score (nSPS) is 12.4. The summed E-state index contributed by atoms with van der Waals surface area (Å²) in [6.07, 6.45) is 2.64. The lowest BCUT2D eigenvalue weighted by Crippen LogP contribution is -2.30. The van der Waals surface area contributed by atoms with Crippen LogP contribution in [0.2, 0.25) is 0 Å². The van der Waals surface area contributed by atoms with Gasteiger partial charge in [0.2, 0.25) is 0 Å². The summed E-state index contributed by atoms with van der Waals surface area (Å²) in [4.78, 5) is 23.7. The number of sulfone groups is 1. The van der Waals surface area contributed by atoms with Crippen LogP contribution in [0, 0.1) is 0 Å². The van der Waals surface area contributed by atoms with E-state index in [2.05, 4.69) is 5.32 Å². The van der Waals surface area contributed by atoms with Crippen molar-refractivity contribution in [3.8, 4) is 0 Å². The number of furan rings is 1. The zero-order valence-corrected chi connectivity index (χ0v) is 14.7. The Morgan fingerprint density at radius 2 is 1.88 bits per heavy atom. The Bertz CT molecular complexity index is 825. The van der Waals surface area contributed by atoms with Gasteiger partial charge < -0.3 is 14.5 Å². The van der Waals surface area contributed by atoms with Crippen molar-refractivity contribution in [3.05, 3.63) is 59.5 Å². The van der Waals surface area contributed by atoms with Crippen molar-refractivity contribution in [1.29, 1.82) is 0 Å². The zero-order chi connectivity index (χ0) is 18.4. The van der Waals surface area contributed by atoms with Crippen molar-refractivity contribution in [2.45, 2.75) is 18.7 Å². The van der Waals surface area contributed by atoms with Crippen molar-refractivity contribution in [2.24, 2.45) is 0 Å². The first kappa shape index (κ1) is 18.7. The van der Waals surface area contributed by atoms with Gasteiger partial charge in [0.05, 0.1) is 23.6 Å². The summed E-state index contributed by atoms with van der Waals surface area (Å²) in [5.74, 6) is -0.617. The number of carbonyl (C=O) groups excluding carboxylic acids is 2. The third-order valence-corrected chi connectivity index (χ3v) is 4.16. The lowest BCUT2D eigenvalue weighted by molar-refractivity contribution is -0.125. The van der Waals surface area contributed by atoms with Crippen molar-refractivity contribution in [1.82, 2.24) is 5.32 Å². The lowest BCUT2D eigenvalue weighted by atomic mass is 10.1. The van der Waals surface area contributed by atoms with Crippen molar-refractivity contribution >= 4 is 21.7 Å². The monoisotopic (exact) mass is 365 g/mol. The van der Waals surface area contributed by atoms with Crippen LogP contribution in [0.25, 0.3) is 0 Å². The Kier molecular flexibility index (Phi) is 5.97. The van der Waals surface area contributed by atoms with E-state index in [0.29, 0.717) is 11.3 Å². The number of carbonyl (C=O) groups is 2. The molecule has 1 atom stereocenters. The number of hydrogen-bond donors (Lipinski definition) is 1. The number of benzene rings is 1. The van der Waals surface area contributed by atoms with Gasteiger partial charge in [-0.2, -0.15) is 0 Å². The second-order valence-electron chi connectivity index (χ2n) is 5.65. The topological polar surface area (TPSA) is 103 Å². The Morgan fingerprint density at radius 1 is 1.20 bits per heavy atom. The number of amides is 1. The van der Waals surface area contributed by atoms with E-state index in [0.717, 1.165) is 6.26 Å². The summed E-state index contributed by atoms with van der Waals surface area (Å²) in [6.45, 7) is 1.33. The highest BCUT2D eigenvalue weighted by Crippen LogP contribution is 2.12. The molecule has 1 heterocycles. The van der Waals surface area contributed by atoms with E-state index in [-0.39, 0.29) is 17.4 Å². The molecule has 1 aromatic carbocycles. The Labute approximate surface area is 145 Å². The number of ether oxygens (including phenoxy) is 1. The molecule has 1 amide bonds. The fourth-order valence-corrected chi connectivity index (χ4v) is 2.94. The summed E-state index contributed by atoms with van der Waals surface area (Å²) in [7, 11) is -3.14. The van der Waals surface area contributed by atoms with Gasteiger partial charge in [0.1, 0.15) is 5.76 Å². The first-order valence-corrected chi connectivity index (χ1v) is 9.57. The molecule has 1 aromatic heterocycles. The summed E-state index contributed by atoms with van der Waals surface area (Å²) in [5.41, 5.74) is 0.813. The second kappa shape index (κ2) is 7.98. The molecule has 0 saturated carbocycles. The molecule has 0 aliphatic heterocycles. The molecule has 0 aliphatic carbocycles. The highest BCUT2D eigenvalue weighted by Gasteiger charge is 2.15. The average Bonchev–Trinajstić information content (AvgIpc) is 3.06. The predicted molar refractivity (Wildman–Crippen MR) is 90.5 cm³/mol. The number of esters is 1. The molecule has 7 nitrogen and oxygen atoms in total. The van der Waals surface area contributed by atoms with Crippen LogP contribution in [0.4, 0.5) is 0 Å². The van der Waals surface area contributed by atoms with Crippen molar-refractivity contribution in [2.75, 3.05) is 12.9 Å². The summed E-state index contributed by atoms with van der Waals surface area (Å²) >= 11 is 0. The molecule has 0 saturated heterocycles. The minimum atomic E-state index is -3.14. The Hall–Kier alpha value is -2.61. The van der Waals surface area contributed by atoms with Gasteiger partial charge in [-0.25, -0.2) is 13.2 Å². The van der Waals surface area contributed by atoms with Gasteiger partial charge in [-0.1, -0.05) is 12.1 Å². The molecular formula is C17H19NO6S. The van der Waals surface area contributed by atoms with Crippen LogP contribution in [0.15, 0.2) is 47.1 Å². The molecule has 134 valence electrons. The van der Waals surface area contributed by atoms with Gasteiger partial charge in [-0.15, -0.1) is 0 Å². The Morgan fingerprint density at radius 3 is 2.44 bits per heavy atom.